The lowest BCUT2D eigenvalue weighted by molar-refractivity contribution is -0.173. The first-order valence-electron chi connectivity index (χ1n) is 5.43. The van der Waals surface area contributed by atoms with Gasteiger partial charge in [0.05, 0.1) is 23.8 Å². The van der Waals surface area contributed by atoms with Crippen LogP contribution < -0.4 is 0 Å². The summed E-state index contributed by atoms with van der Waals surface area (Å²) in [5, 5.41) is 0. The molecule has 0 amide bonds. The minimum absolute atomic E-state index is 0.123. The van der Waals surface area contributed by atoms with Crippen molar-refractivity contribution in [2.75, 3.05) is 6.61 Å². The third-order valence-corrected chi connectivity index (χ3v) is 2.85. The Hall–Kier alpha value is -1.63. The number of nitrogens with zero attached hydrogens (tertiary/aromatic N) is 2. The van der Waals surface area contributed by atoms with Gasteiger partial charge in [-0.05, 0) is 25.1 Å². The second-order valence-corrected chi connectivity index (χ2v) is 4.60. The van der Waals surface area contributed by atoms with Crippen molar-refractivity contribution in [3.8, 4) is 0 Å². The fourth-order valence-electron chi connectivity index (χ4n) is 1.46. The Bertz CT molecular complexity index is 634. The zero-order valence-electron chi connectivity index (χ0n) is 9.86. The number of esters is 1. The van der Waals surface area contributed by atoms with E-state index in [0.717, 1.165) is 10.7 Å². The summed E-state index contributed by atoms with van der Waals surface area (Å²) in [6.45, 7) is 1.33. The molecule has 2 aromatic rings. The second-order valence-electron chi connectivity index (χ2n) is 3.68. The van der Waals surface area contributed by atoms with Gasteiger partial charge in [0.2, 0.25) is 0 Å². The second kappa shape index (κ2) is 5.16. The number of benzene rings is 1. The number of rotatable bonds is 3. The van der Waals surface area contributed by atoms with Gasteiger partial charge < -0.3 is 4.74 Å². The maximum Gasteiger partial charge on any atom is 0.385 e. The highest BCUT2D eigenvalue weighted by Gasteiger charge is 2.44. The van der Waals surface area contributed by atoms with Crippen LogP contribution >= 0.6 is 15.9 Å². The lowest BCUT2D eigenvalue weighted by atomic mass is 10.2. The number of hydrogen-bond acceptors (Lipinski definition) is 4. The maximum atomic E-state index is 13.8. The van der Waals surface area contributed by atoms with E-state index in [4.69, 9.17) is 0 Å². The van der Waals surface area contributed by atoms with Gasteiger partial charge in [-0.25, -0.2) is 9.78 Å². The number of aromatic nitrogens is 2. The van der Waals surface area contributed by atoms with Crippen LogP contribution in [0.4, 0.5) is 8.78 Å². The van der Waals surface area contributed by atoms with Gasteiger partial charge in [0.15, 0.2) is 0 Å². The summed E-state index contributed by atoms with van der Waals surface area (Å²) in [6, 6.07) is 4.84. The number of hydrogen-bond donors (Lipinski definition) is 0. The highest BCUT2D eigenvalue weighted by atomic mass is 79.9. The summed E-state index contributed by atoms with van der Waals surface area (Å²) in [7, 11) is 0. The third-order valence-electron chi connectivity index (χ3n) is 2.36. The molecule has 0 atom stereocenters. The predicted octanol–water partition coefficient (Wildman–Crippen LogP) is 3.05. The molecule has 1 heterocycles. The molecule has 0 bridgehead atoms. The van der Waals surface area contributed by atoms with Crippen molar-refractivity contribution in [2.24, 2.45) is 0 Å². The van der Waals surface area contributed by atoms with Crippen LogP contribution in [0.5, 0.6) is 0 Å². The van der Waals surface area contributed by atoms with Crippen LogP contribution in [0.25, 0.3) is 11.0 Å². The monoisotopic (exact) mass is 330 g/mol. The predicted molar refractivity (Wildman–Crippen MR) is 67.8 cm³/mol. The van der Waals surface area contributed by atoms with Gasteiger partial charge in [-0.1, -0.05) is 15.9 Å². The number of ether oxygens (including phenoxy) is 1. The molecular weight excluding hydrogens is 322 g/mol. The van der Waals surface area contributed by atoms with E-state index in [1.54, 1.807) is 12.1 Å². The first-order valence-corrected chi connectivity index (χ1v) is 6.22. The molecule has 0 aliphatic heterocycles. The molecule has 0 unspecified atom stereocenters. The van der Waals surface area contributed by atoms with Crippen LogP contribution in [0.3, 0.4) is 0 Å². The van der Waals surface area contributed by atoms with E-state index >= 15 is 0 Å². The van der Waals surface area contributed by atoms with Gasteiger partial charge in [0.25, 0.3) is 0 Å². The van der Waals surface area contributed by atoms with Crippen molar-refractivity contribution in [3.05, 3.63) is 34.6 Å². The molecule has 100 valence electrons. The molecule has 1 aromatic carbocycles. The average molecular weight is 331 g/mol. The van der Waals surface area contributed by atoms with E-state index in [2.05, 4.69) is 30.6 Å². The molecule has 0 spiro atoms. The Kier molecular flexibility index (Phi) is 3.75. The summed E-state index contributed by atoms with van der Waals surface area (Å²) >= 11 is 3.24. The molecule has 7 heteroatoms. The first-order chi connectivity index (χ1) is 8.95. The zero-order chi connectivity index (χ0) is 14.0. The highest BCUT2D eigenvalue weighted by molar-refractivity contribution is 9.10. The van der Waals surface area contributed by atoms with Crippen molar-refractivity contribution < 1.29 is 18.3 Å². The standard InChI is InChI=1S/C12H9BrF2N2O2/c1-2-19-11(18)12(14,15)10-6-16-9-5-7(13)3-4-8(9)17-10/h3-6H,2H2,1H3. The molecule has 0 fully saturated rings. The topological polar surface area (TPSA) is 52.1 Å². The number of carbonyl (C=O) groups excluding carboxylic acids is 1. The highest BCUT2D eigenvalue weighted by Crippen LogP contribution is 2.29. The van der Waals surface area contributed by atoms with Crippen molar-refractivity contribution >= 4 is 32.9 Å². The zero-order valence-corrected chi connectivity index (χ0v) is 11.4. The van der Waals surface area contributed by atoms with Crippen molar-refractivity contribution in [1.82, 2.24) is 9.97 Å². The van der Waals surface area contributed by atoms with Crippen LogP contribution in [0, 0.1) is 0 Å². The number of fused-ring (bicyclic) bond motifs is 1. The summed E-state index contributed by atoms with van der Waals surface area (Å²) < 4.78 is 32.6. The molecule has 1 aromatic heterocycles. The molecular formula is C12H9BrF2N2O2. The molecule has 4 nitrogen and oxygen atoms in total. The number of alkyl halides is 2. The average Bonchev–Trinajstić information content (AvgIpc) is 2.38. The Morgan fingerprint density at radius 3 is 2.84 bits per heavy atom. The molecule has 0 saturated carbocycles. The van der Waals surface area contributed by atoms with E-state index in [1.807, 2.05) is 0 Å². The van der Waals surface area contributed by atoms with Gasteiger partial charge in [0, 0.05) is 4.47 Å². The lowest BCUT2D eigenvalue weighted by Crippen LogP contribution is -2.29. The molecule has 0 aliphatic rings. The van der Waals surface area contributed by atoms with Gasteiger partial charge in [-0.3, -0.25) is 4.98 Å². The quantitative estimate of drug-likeness (QED) is 0.811. The van der Waals surface area contributed by atoms with E-state index in [9.17, 15) is 13.6 Å². The maximum absolute atomic E-state index is 13.8. The van der Waals surface area contributed by atoms with Crippen LogP contribution in [0.2, 0.25) is 0 Å². The van der Waals surface area contributed by atoms with E-state index < -0.39 is 17.6 Å². The van der Waals surface area contributed by atoms with Crippen LogP contribution in [-0.4, -0.2) is 22.5 Å². The normalized spacial score (nSPS) is 11.6. The van der Waals surface area contributed by atoms with Crippen LogP contribution in [0.1, 0.15) is 12.6 Å². The fraction of sp³-hybridized carbons (Fsp3) is 0.250. The molecule has 0 N–H and O–H groups in total. The number of carbonyl (C=O) groups is 1. The Balaban J connectivity index is 2.45. The summed E-state index contributed by atoms with van der Waals surface area (Å²) in [5.41, 5.74) is 0.0169. The molecule has 0 saturated heterocycles. The lowest BCUT2D eigenvalue weighted by Gasteiger charge is -2.13. The van der Waals surface area contributed by atoms with Gasteiger partial charge >= 0.3 is 11.9 Å². The molecule has 0 radical (unpaired) electrons. The van der Waals surface area contributed by atoms with Gasteiger partial charge in [0.1, 0.15) is 5.69 Å². The summed E-state index contributed by atoms with van der Waals surface area (Å²) in [6.07, 6.45) is 0.881. The molecule has 2 rings (SSSR count). The smallest absolute Gasteiger partial charge is 0.385 e. The van der Waals surface area contributed by atoms with Crippen LogP contribution in [-0.2, 0) is 15.5 Å². The third kappa shape index (κ3) is 2.70. The van der Waals surface area contributed by atoms with Crippen molar-refractivity contribution in [2.45, 2.75) is 12.8 Å². The minimum Gasteiger partial charge on any atom is -0.461 e. The van der Waals surface area contributed by atoms with Gasteiger partial charge in [-0.2, -0.15) is 8.78 Å². The first kappa shape index (κ1) is 13.8. The SMILES string of the molecule is CCOC(=O)C(F)(F)c1cnc2cc(Br)ccc2n1. The van der Waals surface area contributed by atoms with Crippen LogP contribution in [0.15, 0.2) is 28.9 Å². The summed E-state index contributed by atoms with van der Waals surface area (Å²) in [4.78, 5) is 18.8. The summed E-state index contributed by atoms with van der Waals surface area (Å²) in [5.74, 6) is -5.43. The van der Waals surface area contributed by atoms with Crippen molar-refractivity contribution in [1.29, 1.82) is 0 Å². The largest absolute Gasteiger partial charge is 0.461 e. The Morgan fingerprint density at radius 1 is 1.42 bits per heavy atom. The van der Waals surface area contributed by atoms with E-state index in [0.29, 0.717) is 5.52 Å². The number of halogens is 3. The van der Waals surface area contributed by atoms with E-state index in [1.165, 1.54) is 13.0 Å². The Labute approximate surface area is 115 Å². The molecule has 19 heavy (non-hydrogen) atoms. The van der Waals surface area contributed by atoms with Crippen molar-refractivity contribution in [3.63, 3.8) is 0 Å². The Morgan fingerprint density at radius 2 is 2.16 bits per heavy atom. The fourth-order valence-corrected chi connectivity index (χ4v) is 1.81. The molecule has 0 aliphatic carbocycles. The minimum atomic E-state index is -3.80. The van der Waals surface area contributed by atoms with Gasteiger partial charge in [-0.15, -0.1) is 0 Å². The van der Waals surface area contributed by atoms with E-state index in [-0.39, 0.29) is 12.1 Å².